The second kappa shape index (κ2) is 17.4. The first-order chi connectivity index (χ1) is 27.8. The number of ether oxygens (including phenoxy) is 2. The number of hydrogen-bond acceptors (Lipinski definition) is 5. The maximum atomic E-state index is 15.2. The standard InChI is InChI=1S/C47H54Cl2N4O5/c1-8-28(3)32(7)35(9-2)42-40(48)13-12-38-37(11-10-20-58-34-23-29(4)43(49)30(5)24-34)45-46(54)52(27-31(6)53(45)44(38)42)33-25-39(47(55)56)36-14-15-51(41(36)26-33)17-16-50-18-21-57-22-19-50/h8,12-15,23-26,31H,9-11,16-22,27H2,1-7H3,(H,55,56)/b28-8-,35-32+/t31-/m1/s1. The molecule has 11 heteroatoms. The summed E-state index contributed by atoms with van der Waals surface area (Å²) in [6.45, 7) is 20.0. The molecule has 7 rings (SSSR count). The molecule has 1 fully saturated rings. The van der Waals surface area contributed by atoms with Gasteiger partial charge in [-0.2, -0.15) is 0 Å². The van der Waals surface area contributed by atoms with E-state index in [1.165, 1.54) is 11.1 Å². The molecular weight excluding hydrogens is 771 g/mol. The molecule has 1 saturated heterocycles. The number of halogens is 2. The number of morpholine rings is 1. The zero-order valence-electron chi connectivity index (χ0n) is 34.7. The summed E-state index contributed by atoms with van der Waals surface area (Å²) in [6, 6.07) is 13.3. The van der Waals surface area contributed by atoms with Crippen molar-refractivity contribution in [2.45, 2.75) is 80.3 Å². The Morgan fingerprint density at radius 2 is 1.74 bits per heavy atom. The first-order valence-electron chi connectivity index (χ1n) is 20.4. The number of carbonyl (C=O) groups is 2. The van der Waals surface area contributed by atoms with Gasteiger partial charge in [-0.05, 0) is 125 Å². The van der Waals surface area contributed by atoms with Crippen LogP contribution in [0.15, 0.2) is 65.9 Å². The fraction of sp³-hybridized carbons (Fsp3) is 0.404. The number of amides is 1. The zero-order valence-corrected chi connectivity index (χ0v) is 36.2. The SMILES string of the molecule is C/C=C(C)\C(C)=C(/CC)c1c(Cl)ccc2c(CCCOc3cc(C)c(Cl)c(C)c3)c3n(c12)[C@H](C)CN(c1cc(C(=O)O)c2ccn(CCN4CCOCC4)c2c1)C3=O. The molecule has 0 radical (unpaired) electrons. The Morgan fingerprint density at radius 3 is 2.41 bits per heavy atom. The lowest BCUT2D eigenvalue weighted by Gasteiger charge is -2.34. The second-order valence-electron chi connectivity index (χ2n) is 15.7. The lowest BCUT2D eigenvalue weighted by atomic mass is 9.92. The van der Waals surface area contributed by atoms with E-state index < -0.39 is 5.97 Å². The highest BCUT2D eigenvalue weighted by Gasteiger charge is 2.37. The van der Waals surface area contributed by atoms with Crippen LogP contribution in [0.1, 0.15) is 96.6 Å². The summed E-state index contributed by atoms with van der Waals surface area (Å²) in [5.41, 5.74) is 10.4. The Balaban J connectivity index is 1.34. The zero-order chi connectivity index (χ0) is 41.4. The molecule has 0 bridgehead atoms. The Labute approximate surface area is 351 Å². The number of nitrogens with zero attached hydrogens (tertiary/aromatic N) is 4. The lowest BCUT2D eigenvalue weighted by molar-refractivity contribution is 0.0365. The average Bonchev–Trinajstić information content (AvgIpc) is 3.78. The number of carbonyl (C=O) groups excluding carboxylic acids is 1. The molecular formula is C47H54Cl2N4O5. The fourth-order valence-electron chi connectivity index (χ4n) is 8.83. The summed E-state index contributed by atoms with van der Waals surface area (Å²) in [5, 5.41) is 13.5. The van der Waals surface area contributed by atoms with Crippen LogP contribution in [0.3, 0.4) is 0 Å². The van der Waals surface area contributed by atoms with Gasteiger partial charge in [-0.15, -0.1) is 0 Å². The van der Waals surface area contributed by atoms with E-state index >= 15 is 4.79 Å². The number of rotatable bonds is 13. The summed E-state index contributed by atoms with van der Waals surface area (Å²) < 4.78 is 16.1. The number of hydrogen-bond donors (Lipinski definition) is 1. The minimum absolute atomic E-state index is 0.157. The quantitative estimate of drug-likeness (QED) is 0.0939. The molecule has 0 unspecified atom stereocenters. The molecule has 5 aromatic rings. The highest BCUT2D eigenvalue weighted by molar-refractivity contribution is 6.34. The number of aromatic carboxylic acids is 1. The smallest absolute Gasteiger partial charge is 0.336 e. The summed E-state index contributed by atoms with van der Waals surface area (Å²) in [4.78, 5) is 32.2. The van der Waals surface area contributed by atoms with Crippen LogP contribution in [0.5, 0.6) is 5.75 Å². The van der Waals surface area contributed by atoms with Crippen LogP contribution in [0.4, 0.5) is 5.69 Å². The van der Waals surface area contributed by atoms with E-state index in [4.69, 9.17) is 32.7 Å². The van der Waals surface area contributed by atoms with Gasteiger partial charge in [0.05, 0.1) is 41.4 Å². The van der Waals surface area contributed by atoms with Gasteiger partial charge >= 0.3 is 5.97 Å². The highest BCUT2D eigenvalue weighted by atomic mass is 35.5. The number of benzene rings is 3. The van der Waals surface area contributed by atoms with Gasteiger partial charge in [0.1, 0.15) is 11.4 Å². The van der Waals surface area contributed by atoms with Crippen LogP contribution >= 0.6 is 23.2 Å². The van der Waals surface area contributed by atoms with Crippen molar-refractivity contribution < 1.29 is 24.2 Å². The monoisotopic (exact) mass is 824 g/mol. The molecule has 1 atom stereocenters. The van der Waals surface area contributed by atoms with E-state index in [0.717, 1.165) is 81.1 Å². The Hall–Kier alpha value is -4.54. The molecule has 2 aliphatic heterocycles. The predicted molar refractivity (Wildman–Crippen MR) is 237 cm³/mol. The maximum Gasteiger partial charge on any atom is 0.336 e. The van der Waals surface area contributed by atoms with Crippen molar-refractivity contribution >= 4 is 68.1 Å². The lowest BCUT2D eigenvalue weighted by Crippen LogP contribution is -2.42. The number of aryl methyl sites for hydroxylation is 3. The number of carboxylic acids is 1. The molecule has 2 aromatic heterocycles. The van der Waals surface area contributed by atoms with Gasteiger partial charge in [0.15, 0.2) is 0 Å². The number of carboxylic acid groups (broad SMARTS) is 1. The Morgan fingerprint density at radius 1 is 1.02 bits per heavy atom. The van der Waals surface area contributed by atoms with E-state index in [1.54, 1.807) is 11.0 Å². The number of fused-ring (bicyclic) bond motifs is 4. The minimum Gasteiger partial charge on any atom is -0.494 e. The van der Waals surface area contributed by atoms with Crippen molar-refractivity contribution in [3.63, 3.8) is 0 Å². The third-order valence-electron chi connectivity index (χ3n) is 12.1. The van der Waals surface area contributed by atoms with Gasteiger partial charge in [0.25, 0.3) is 5.91 Å². The van der Waals surface area contributed by atoms with Gasteiger partial charge in [0.2, 0.25) is 0 Å². The normalized spacial score (nSPS) is 17.0. The van der Waals surface area contributed by atoms with Crippen molar-refractivity contribution in [1.82, 2.24) is 14.0 Å². The predicted octanol–water partition coefficient (Wildman–Crippen LogP) is 10.9. The second-order valence-corrected chi connectivity index (χ2v) is 16.5. The topological polar surface area (TPSA) is 89.2 Å². The highest BCUT2D eigenvalue weighted by Crippen LogP contribution is 2.44. The van der Waals surface area contributed by atoms with E-state index in [2.05, 4.69) is 53.9 Å². The molecule has 0 saturated carbocycles. The molecule has 2 aliphatic rings. The van der Waals surface area contributed by atoms with E-state index in [0.29, 0.717) is 67.5 Å². The average molecular weight is 826 g/mol. The first-order valence-corrected chi connectivity index (χ1v) is 21.2. The van der Waals surface area contributed by atoms with E-state index in [1.807, 2.05) is 57.3 Å². The third-order valence-corrected chi connectivity index (χ3v) is 13.0. The Kier molecular flexibility index (Phi) is 12.5. The molecule has 1 N–H and O–H groups in total. The fourth-order valence-corrected chi connectivity index (χ4v) is 9.21. The van der Waals surface area contributed by atoms with Gasteiger partial charge in [-0.3, -0.25) is 9.69 Å². The summed E-state index contributed by atoms with van der Waals surface area (Å²) >= 11 is 13.6. The first kappa shape index (κ1) is 41.6. The molecule has 3 aromatic carbocycles. The molecule has 1 amide bonds. The summed E-state index contributed by atoms with van der Waals surface area (Å²) in [6.07, 6.45) is 6.07. The van der Waals surface area contributed by atoms with Crippen LogP contribution in [-0.2, 0) is 17.7 Å². The molecule has 0 spiro atoms. The molecule has 306 valence electrons. The minimum atomic E-state index is -1.03. The van der Waals surface area contributed by atoms with Crippen LogP contribution in [0.25, 0.3) is 27.4 Å². The van der Waals surface area contributed by atoms with Crippen molar-refractivity contribution in [2.24, 2.45) is 0 Å². The van der Waals surface area contributed by atoms with Crippen LogP contribution < -0.4 is 9.64 Å². The van der Waals surface area contributed by atoms with Crippen LogP contribution in [0, 0.1) is 13.8 Å². The van der Waals surface area contributed by atoms with Crippen molar-refractivity contribution in [3.8, 4) is 5.75 Å². The van der Waals surface area contributed by atoms with Crippen molar-refractivity contribution in [1.29, 1.82) is 0 Å². The molecule has 9 nitrogen and oxygen atoms in total. The number of aromatic nitrogens is 2. The van der Waals surface area contributed by atoms with Gasteiger partial charge in [-0.1, -0.05) is 47.8 Å². The third kappa shape index (κ3) is 7.82. The van der Waals surface area contributed by atoms with Crippen molar-refractivity contribution in [3.05, 3.63) is 109 Å². The van der Waals surface area contributed by atoms with Gasteiger partial charge in [-0.25, -0.2) is 4.79 Å². The largest absolute Gasteiger partial charge is 0.494 e. The van der Waals surface area contributed by atoms with Gasteiger partial charge in [0, 0.05) is 72.0 Å². The van der Waals surface area contributed by atoms with Gasteiger partial charge < -0.3 is 28.6 Å². The Bertz CT molecular complexity index is 2450. The van der Waals surface area contributed by atoms with Crippen LogP contribution in [0.2, 0.25) is 10.0 Å². The summed E-state index contributed by atoms with van der Waals surface area (Å²) in [5.74, 6) is -0.428. The summed E-state index contributed by atoms with van der Waals surface area (Å²) in [7, 11) is 0. The van der Waals surface area contributed by atoms with Crippen LogP contribution in [-0.4, -0.2) is 77.0 Å². The number of allylic oxidation sites excluding steroid dienone is 4. The van der Waals surface area contributed by atoms with E-state index in [-0.39, 0.29) is 17.5 Å². The number of anilines is 1. The molecule has 4 heterocycles. The molecule has 0 aliphatic carbocycles. The van der Waals surface area contributed by atoms with E-state index in [9.17, 15) is 9.90 Å². The maximum absolute atomic E-state index is 15.2. The van der Waals surface area contributed by atoms with Crippen molar-refractivity contribution in [2.75, 3.05) is 50.9 Å². The molecule has 58 heavy (non-hydrogen) atoms.